The van der Waals surface area contributed by atoms with Crippen LogP contribution in [0.1, 0.15) is 24.1 Å². The summed E-state index contributed by atoms with van der Waals surface area (Å²) in [5.74, 6) is 0.219. The van der Waals surface area contributed by atoms with Crippen molar-refractivity contribution < 1.29 is 19.1 Å². The highest BCUT2D eigenvalue weighted by Gasteiger charge is 2.34. The maximum atomic E-state index is 12.7. The number of hydrogen-bond donors (Lipinski definition) is 2. The van der Waals surface area contributed by atoms with Crippen LogP contribution in [0.5, 0.6) is 5.75 Å². The molecule has 1 aliphatic heterocycles. The van der Waals surface area contributed by atoms with E-state index < -0.39 is 12.0 Å². The molecule has 1 heterocycles. The molecule has 2 N–H and O–H groups in total. The minimum absolute atomic E-state index is 0.353. The smallest absolute Gasteiger partial charge is 0.338 e. The van der Waals surface area contributed by atoms with E-state index in [4.69, 9.17) is 9.47 Å². The molecule has 0 aromatic heterocycles. The van der Waals surface area contributed by atoms with E-state index in [9.17, 15) is 9.59 Å². The number of nitrogens with zero attached hydrogens (tertiary/aromatic N) is 1. The lowest BCUT2D eigenvalue weighted by Crippen LogP contribution is -2.48. The molecule has 0 radical (unpaired) electrons. The van der Waals surface area contributed by atoms with E-state index in [2.05, 4.69) is 27.7 Å². The van der Waals surface area contributed by atoms with Gasteiger partial charge in [0, 0.05) is 18.8 Å². The van der Waals surface area contributed by atoms with Gasteiger partial charge in [-0.05, 0) is 29.8 Å². The van der Waals surface area contributed by atoms with E-state index in [-0.39, 0.29) is 6.03 Å². The number of carbonyl (C=O) groups is 2. The number of hydrogen-bond acceptors (Lipinski definition) is 5. The first-order chi connectivity index (χ1) is 14.5. The Morgan fingerprint density at radius 1 is 1.03 bits per heavy atom. The molecule has 0 bridgehead atoms. The number of amides is 2. The summed E-state index contributed by atoms with van der Waals surface area (Å²) < 4.78 is 10.3. The lowest BCUT2D eigenvalue weighted by atomic mass is 9.95. The molecule has 1 atom stereocenters. The van der Waals surface area contributed by atoms with Crippen LogP contribution in [0, 0.1) is 0 Å². The third-order valence-electron chi connectivity index (χ3n) is 5.09. The minimum Gasteiger partial charge on any atom is -0.497 e. The van der Waals surface area contributed by atoms with Crippen LogP contribution in [0.4, 0.5) is 4.79 Å². The van der Waals surface area contributed by atoms with Gasteiger partial charge in [0.2, 0.25) is 0 Å². The van der Waals surface area contributed by atoms with Gasteiger partial charge in [-0.15, -0.1) is 0 Å². The van der Waals surface area contributed by atoms with Crippen LogP contribution in [-0.2, 0) is 16.1 Å². The number of carbonyl (C=O) groups excluding carboxylic acids is 2. The van der Waals surface area contributed by atoms with Crippen LogP contribution in [0.2, 0.25) is 0 Å². The van der Waals surface area contributed by atoms with Crippen molar-refractivity contribution >= 4 is 12.0 Å². The van der Waals surface area contributed by atoms with Crippen molar-refractivity contribution in [2.45, 2.75) is 19.5 Å². The molecule has 0 saturated carbocycles. The SMILES string of the molecule is CCN(CC1=C(C(=O)OC)[C@@H](c2ccc(OC)cc2)NC(=O)N1)Cc1ccccc1. The van der Waals surface area contributed by atoms with Gasteiger partial charge in [-0.3, -0.25) is 4.90 Å². The summed E-state index contributed by atoms with van der Waals surface area (Å²) in [6.45, 7) is 3.91. The summed E-state index contributed by atoms with van der Waals surface area (Å²) in [4.78, 5) is 27.3. The van der Waals surface area contributed by atoms with Gasteiger partial charge in [0.25, 0.3) is 0 Å². The minimum atomic E-state index is -0.609. The van der Waals surface area contributed by atoms with E-state index in [0.717, 1.165) is 17.7 Å². The number of esters is 1. The third-order valence-corrected chi connectivity index (χ3v) is 5.09. The Hall–Kier alpha value is -3.32. The molecule has 2 amide bonds. The molecular weight excluding hydrogens is 382 g/mol. The third kappa shape index (κ3) is 4.99. The molecule has 0 fully saturated rings. The summed E-state index contributed by atoms with van der Waals surface area (Å²) in [7, 11) is 2.93. The topological polar surface area (TPSA) is 79.9 Å². The van der Waals surface area contributed by atoms with Gasteiger partial charge < -0.3 is 20.1 Å². The number of rotatable bonds is 8. The normalized spacial score (nSPS) is 16.1. The zero-order valence-corrected chi connectivity index (χ0v) is 17.5. The molecule has 0 spiro atoms. The van der Waals surface area contributed by atoms with Crippen LogP contribution in [0.15, 0.2) is 65.9 Å². The van der Waals surface area contributed by atoms with Gasteiger partial charge in [-0.1, -0.05) is 49.4 Å². The molecule has 7 heteroatoms. The zero-order chi connectivity index (χ0) is 21.5. The molecule has 0 aliphatic carbocycles. The molecule has 30 heavy (non-hydrogen) atoms. The lowest BCUT2D eigenvalue weighted by Gasteiger charge is -2.31. The fraction of sp³-hybridized carbons (Fsp3) is 0.304. The van der Waals surface area contributed by atoms with E-state index in [1.165, 1.54) is 7.11 Å². The van der Waals surface area contributed by atoms with Gasteiger partial charge in [-0.25, -0.2) is 9.59 Å². The van der Waals surface area contributed by atoms with E-state index in [0.29, 0.717) is 30.1 Å². The van der Waals surface area contributed by atoms with Crippen LogP contribution in [0.3, 0.4) is 0 Å². The number of nitrogens with one attached hydrogen (secondary N) is 2. The van der Waals surface area contributed by atoms with E-state index in [1.807, 2.05) is 37.3 Å². The maximum Gasteiger partial charge on any atom is 0.338 e. The summed E-state index contributed by atoms with van der Waals surface area (Å²) in [6.07, 6.45) is 0. The number of benzene rings is 2. The van der Waals surface area contributed by atoms with Crippen LogP contribution >= 0.6 is 0 Å². The number of likely N-dealkylation sites (N-methyl/N-ethyl adjacent to an activating group) is 1. The van der Waals surface area contributed by atoms with Crippen molar-refractivity contribution in [1.29, 1.82) is 0 Å². The van der Waals surface area contributed by atoms with Crippen LogP contribution in [-0.4, -0.2) is 44.2 Å². The van der Waals surface area contributed by atoms with Crippen LogP contribution in [0.25, 0.3) is 0 Å². The first-order valence-corrected chi connectivity index (χ1v) is 9.84. The number of urea groups is 1. The molecular formula is C23H27N3O4. The Balaban J connectivity index is 1.94. The monoisotopic (exact) mass is 409 g/mol. The van der Waals surface area contributed by atoms with Crippen molar-refractivity contribution in [2.24, 2.45) is 0 Å². The average molecular weight is 409 g/mol. The van der Waals surface area contributed by atoms with Gasteiger partial charge in [0.15, 0.2) is 0 Å². The predicted octanol–water partition coefficient (Wildman–Crippen LogP) is 3.00. The molecule has 2 aromatic carbocycles. The first-order valence-electron chi connectivity index (χ1n) is 9.84. The summed E-state index contributed by atoms with van der Waals surface area (Å²) in [5.41, 5.74) is 2.87. The molecule has 3 rings (SSSR count). The first kappa shape index (κ1) is 21.4. The fourth-order valence-corrected chi connectivity index (χ4v) is 3.48. The molecule has 0 saturated heterocycles. The summed E-state index contributed by atoms with van der Waals surface area (Å²) >= 11 is 0. The highest BCUT2D eigenvalue weighted by Crippen LogP contribution is 2.29. The van der Waals surface area contributed by atoms with Gasteiger partial charge in [0.05, 0.1) is 25.8 Å². The van der Waals surface area contributed by atoms with Gasteiger partial charge >= 0.3 is 12.0 Å². The maximum absolute atomic E-state index is 12.7. The second-order valence-corrected chi connectivity index (χ2v) is 6.98. The Bertz CT molecular complexity index is 910. The van der Waals surface area contributed by atoms with E-state index >= 15 is 0 Å². The lowest BCUT2D eigenvalue weighted by molar-refractivity contribution is -0.136. The molecule has 0 unspecified atom stereocenters. The van der Waals surface area contributed by atoms with Gasteiger partial charge in [0.1, 0.15) is 5.75 Å². The fourth-order valence-electron chi connectivity index (χ4n) is 3.48. The standard InChI is InChI=1S/C23H27N3O4/c1-4-26(14-16-8-6-5-7-9-16)15-19-20(22(27)30-3)21(25-23(28)24-19)17-10-12-18(29-2)13-11-17/h5-13,21H,4,14-15H2,1-3H3,(H2,24,25,28)/t21-/m1/s1. The second kappa shape index (κ2) is 9.93. The van der Waals surface area contributed by atoms with Crippen molar-refractivity contribution in [2.75, 3.05) is 27.3 Å². The Morgan fingerprint density at radius 2 is 1.73 bits per heavy atom. The molecule has 1 aliphatic rings. The summed E-state index contributed by atoms with van der Waals surface area (Å²) in [6, 6.07) is 16.4. The van der Waals surface area contributed by atoms with Gasteiger partial charge in [-0.2, -0.15) is 0 Å². The Labute approximate surface area is 176 Å². The average Bonchev–Trinajstić information content (AvgIpc) is 2.78. The Morgan fingerprint density at radius 3 is 2.33 bits per heavy atom. The Kier molecular flexibility index (Phi) is 7.08. The van der Waals surface area contributed by atoms with Crippen molar-refractivity contribution in [3.63, 3.8) is 0 Å². The largest absolute Gasteiger partial charge is 0.497 e. The van der Waals surface area contributed by atoms with Crippen molar-refractivity contribution in [1.82, 2.24) is 15.5 Å². The van der Waals surface area contributed by atoms with Crippen LogP contribution < -0.4 is 15.4 Å². The number of methoxy groups -OCH3 is 2. The number of ether oxygens (including phenoxy) is 2. The molecule has 7 nitrogen and oxygen atoms in total. The summed E-state index contributed by atoms with van der Waals surface area (Å²) in [5, 5.41) is 5.66. The van der Waals surface area contributed by atoms with E-state index in [1.54, 1.807) is 19.2 Å². The highest BCUT2D eigenvalue weighted by molar-refractivity contribution is 5.95. The highest BCUT2D eigenvalue weighted by atomic mass is 16.5. The molecule has 158 valence electrons. The predicted molar refractivity (Wildman–Crippen MR) is 114 cm³/mol. The molecule has 2 aromatic rings. The quantitative estimate of drug-likeness (QED) is 0.655. The second-order valence-electron chi connectivity index (χ2n) is 6.98. The zero-order valence-electron chi connectivity index (χ0n) is 17.5. The van der Waals surface area contributed by atoms with Crippen molar-refractivity contribution in [3.8, 4) is 5.75 Å². The van der Waals surface area contributed by atoms with Crippen molar-refractivity contribution in [3.05, 3.63) is 77.0 Å².